The van der Waals surface area contributed by atoms with Crippen LogP contribution in [0.15, 0.2) is 0 Å². The second-order valence-electron chi connectivity index (χ2n) is 17.4. The maximum atomic E-state index is 12.1. The Hall–Kier alpha value is 0.0274. The van der Waals surface area contributed by atoms with Crippen LogP contribution in [0.1, 0.15) is 297 Å². The Kier molecular flexibility index (Phi) is 51.1. The molecule has 4 heteroatoms. The summed E-state index contributed by atoms with van der Waals surface area (Å²) in [7, 11) is 0. The van der Waals surface area contributed by atoms with Crippen molar-refractivity contribution in [1.82, 2.24) is 4.90 Å². The molecule has 54 heavy (non-hydrogen) atoms. The molecule has 0 aliphatic rings. The van der Waals surface area contributed by atoms with Crippen molar-refractivity contribution in [3.63, 3.8) is 0 Å². The fraction of sp³-hybridized carbons (Fsp3) is 0.980. The summed E-state index contributed by atoms with van der Waals surface area (Å²) in [6.45, 7) is 8.62. The Balaban J connectivity index is 0. The number of nitrogens with zero attached hydrogens (tertiary/aromatic N) is 1. The van der Waals surface area contributed by atoms with E-state index < -0.39 is 12.0 Å². The molecule has 0 aromatic carbocycles. The number of rotatable bonds is 47. The summed E-state index contributed by atoms with van der Waals surface area (Å²) in [6.07, 6.45) is 58.6. The minimum absolute atomic E-state index is 0. The van der Waals surface area contributed by atoms with Crippen LogP contribution in [-0.4, -0.2) is 30.0 Å². The minimum atomic E-state index is -0.847. The Morgan fingerprint density at radius 2 is 0.519 bits per heavy atom. The van der Waals surface area contributed by atoms with Gasteiger partial charge in [-0.2, -0.15) is 0 Å². The van der Waals surface area contributed by atoms with Crippen molar-refractivity contribution in [3.05, 3.63) is 0 Å². The fourth-order valence-corrected chi connectivity index (χ4v) is 8.41. The Bertz CT molecular complexity index is 644. The van der Waals surface area contributed by atoms with E-state index in [-0.39, 0.29) is 18.9 Å². The summed E-state index contributed by atoms with van der Waals surface area (Å²) in [4.78, 5) is 14.4. The van der Waals surface area contributed by atoms with Crippen LogP contribution >= 0.6 is 0 Å². The molecule has 1 atom stereocenters. The van der Waals surface area contributed by atoms with Crippen molar-refractivity contribution >= 4 is 5.97 Å². The van der Waals surface area contributed by atoms with E-state index in [9.17, 15) is 9.90 Å². The molecular weight excluding hydrogens is 653 g/mol. The normalized spacial score (nSPS) is 12.1. The van der Waals surface area contributed by atoms with Crippen LogP contribution in [-0.2, 0) is 4.79 Å². The SMILES string of the molecule is CCCCCCCCCCCCCCCCCCCCCCN(CCCCCCCCCCCCCCCCCCCCCC)C(CCCC)C(=O)[O-].[Li+]. The van der Waals surface area contributed by atoms with Crippen LogP contribution in [0.25, 0.3) is 0 Å². The van der Waals surface area contributed by atoms with Gasteiger partial charge in [-0.1, -0.05) is 278 Å². The van der Waals surface area contributed by atoms with Crippen molar-refractivity contribution in [2.45, 2.75) is 303 Å². The molecule has 0 N–H and O–H groups in total. The van der Waals surface area contributed by atoms with Crippen LogP contribution in [0.2, 0.25) is 0 Å². The zero-order chi connectivity index (χ0) is 38.6. The zero-order valence-corrected chi connectivity index (χ0v) is 38.2. The Morgan fingerprint density at radius 1 is 0.333 bits per heavy atom. The molecule has 0 bridgehead atoms. The molecule has 0 radical (unpaired) electrons. The minimum Gasteiger partial charge on any atom is -0.548 e. The summed E-state index contributed by atoms with van der Waals surface area (Å²) in [6, 6.07) is -0.393. The third-order valence-corrected chi connectivity index (χ3v) is 12.1. The third kappa shape index (κ3) is 43.2. The number of hydrogen-bond acceptors (Lipinski definition) is 3. The molecule has 0 spiro atoms. The van der Waals surface area contributed by atoms with E-state index in [1.54, 1.807) is 0 Å². The van der Waals surface area contributed by atoms with E-state index in [1.807, 2.05) is 0 Å². The van der Waals surface area contributed by atoms with Gasteiger partial charge in [0, 0.05) is 6.04 Å². The smallest absolute Gasteiger partial charge is 0.548 e. The van der Waals surface area contributed by atoms with Gasteiger partial charge < -0.3 is 9.90 Å². The van der Waals surface area contributed by atoms with Crippen LogP contribution in [0, 0.1) is 0 Å². The summed E-state index contributed by atoms with van der Waals surface area (Å²) >= 11 is 0. The molecular formula is C50H100LiNO2. The number of carboxylic acids is 1. The van der Waals surface area contributed by atoms with E-state index in [1.165, 1.54) is 244 Å². The summed E-state index contributed by atoms with van der Waals surface area (Å²) in [5.41, 5.74) is 0. The number of carbonyl (C=O) groups excluding carboxylic acids is 1. The zero-order valence-electron chi connectivity index (χ0n) is 38.2. The van der Waals surface area contributed by atoms with E-state index in [0.29, 0.717) is 0 Å². The van der Waals surface area contributed by atoms with Gasteiger partial charge in [0.05, 0.1) is 5.97 Å². The van der Waals surface area contributed by atoms with Gasteiger partial charge in [-0.15, -0.1) is 0 Å². The Morgan fingerprint density at radius 3 is 0.704 bits per heavy atom. The molecule has 0 aromatic rings. The number of hydrogen-bond donors (Lipinski definition) is 0. The van der Waals surface area contributed by atoms with Gasteiger partial charge in [0.2, 0.25) is 0 Å². The Labute approximate surface area is 354 Å². The van der Waals surface area contributed by atoms with Crippen molar-refractivity contribution < 1.29 is 28.8 Å². The van der Waals surface area contributed by atoms with Gasteiger partial charge >= 0.3 is 18.9 Å². The third-order valence-electron chi connectivity index (χ3n) is 12.1. The van der Waals surface area contributed by atoms with Gasteiger partial charge in [-0.05, 0) is 32.4 Å². The second kappa shape index (κ2) is 49.2. The van der Waals surface area contributed by atoms with Gasteiger partial charge in [0.25, 0.3) is 0 Å². The predicted molar refractivity (Wildman–Crippen MR) is 236 cm³/mol. The van der Waals surface area contributed by atoms with E-state index in [0.717, 1.165) is 45.2 Å². The molecule has 0 fully saturated rings. The van der Waals surface area contributed by atoms with Crippen molar-refractivity contribution in [2.75, 3.05) is 13.1 Å². The van der Waals surface area contributed by atoms with Crippen LogP contribution in [0.4, 0.5) is 0 Å². The van der Waals surface area contributed by atoms with Crippen molar-refractivity contribution in [1.29, 1.82) is 0 Å². The molecule has 3 nitrogen and oxygen atoms in total. The quantitative estimate of drug-likeness (QED) is 0.0459. The maximum absolute atomic E-state index is 12.1. The predicted octanol–water partition coefficient (Wildman–Crippen LogP) is 13.2. The molecule has 0 saturated heterocycles. The molecule has 0 amide bonds. The van der Waals surface area contributed by atoms with Gasteiger partial charge in [0.15, 0.2) is 0 Å². The standard InChI is InChI=1S/C50H101NO2.Li/c1-4-7-10-12-14-16-18-20-22-24-26-28-30-32-34-36-38-40-42-44-47-51(49(50(52)53)46-9-6-3)48-45-43-41-39-37-35-33-31-29-27-25-23-21-19-17-15-13-11-8-5-2;/h49H,4-48H2,1-3H3,(H,52,53);/q;+1/p-1. The average molecular weight is 754 g/mol. The number of aliphatic carboxylic acids is 1. The van der Waals surface area contributed by atoms with Crippen LogP contribution < -0.4 is 24.0 Å². The summed E-state index contributed by atoms with van der Waals surface area (Å²) < 4.78 is 0. The van der Waals surface area contributed by atoms with E-state index >= 15 is 0 Å². The first-order valence-corrected chi connectivity index (χ1v) is 25.1. The maximum Gasteiger partial charge on any atom is 1.00 e. The van der Waals surface area contributed by atoms with Crippen LogP contribution in [0.5, 0.6) is 0 Å². The largest absolute Gasteiger partial charge is 1.00 e. The fourth-order valence-electron chi connectivity index (χ4n) is 8.41. The summed E-state index contributed by atoms with van der Waals surface area (Å²) in [5, 5.41) is 12.1. The first-order valence-electron chi connectivity index (χ1n) is 25.1. The molecule has 0 aliphatic heterocycles. The molecule has 0 rings (SSSR count). The van der Waals surface area contributed by atoms with Crippen molar-refractivity contribution in [3.8, 4) is 0 Å². The molecule has 1 unspecified atom stereocenters. The second-order valence-corrected chi connectivity index (χ2v) is 17.4. The van der Waals surface area contributed by atoms with Crippen LogP contribution in [0.3, 0.4) is 0 Å². The molecule has 0 aliphatic carbocycles. The van der Waals surface area contributed by atoms with E-state index in [4.69, 9.17) is 0 Å². The monoisotopic (exact) mass is 754 g/mol. The number of carboxylic acid groups (broad SMARTS) is 1. The van der Waals surface area contributed by atoms with Crippen molar-refractivity contribution in [2.24, 2.45) is 0 Å². The molecule has 0 heterocycles. The topological polar surface area (TPSA) is 43.4 Å². The first kappa shape index (κ1) is 56.1. The molecule has 0 aromatic heterocycles. The summed E-state index contributed by atoms with van der Waals surface area (Å²) in [5.74, 6) is -0.847. The van der Waals surface area contributed by atoms with Gasteiger partial charge in [0.1, 0.15) is 0 Å². The number of carbonyl (C=O) groups is 1. The average Bonchev–Trinajstić information content (AvgIpc) is 3.16. The number of unbranched alkanes of at least 4 members (excludes halogenated alkanes) is 39. The van der Waals surface area contributed by atoms with Gasteiger partial charge in [-0.25, -0.2) is 0 Å². The molecule has 0 saturated carbocycles. The first-order chi connectivity index (χ1) is 26.2. The van der Waals surface area contributed by atoms with Gasteiger partial charge in [-0.3, -0.25) is 4.90 Å². The van der Waals surface area contributed by atoms with E-state index in [2.05, 4.69) is 25.7 Å². The molecule has 318 valence electrons.